The molecule has 3 heterocycles. The van der Waals surface area contributed by atoms with Gasteiger partial charge in [0.25, 0.3) is 0 Å². The van der Waals surface area contributed by atoms with Crippen LogP contribution in [0.15, 0.2) is 121 Å². The first-order chi connectivity index (χ1) is 17.8. The van der Waals surface area contributed by atoms with Gasteiger partial charge in [-0.1, -0.05) is 54.6 Å². The molecule has 2 aromatic heterocycles. The highest BCUT2D eigenvalue weighted by Gasteiger charge is 2.27. The lowest BCUT2D eigenvalue weighted by molar-refractivity contribution is 0.463. The first kappa shape index (κ1) is 21.6. The predicted molar refractivity (Wildman–Crippen MR) is 140 cm³/mol. The van der Waals surface area contributed by atoms with Crippen LogP contribution >= 0.6 is 0 Å². The number of rotatable bonds is 5. The minimum Gasteiger partial charge on any atom is -0.438 e. The van der Waals surface area contributed by atoms with Gasteiger partial charge in [0.1, 0.15) is 18.2 Å². The molecule has 174 valence electrons. The van der Waals surface area contributed by atoms with Crippen molar-refractivity contribution in [3.05, 3.63) is 133 Å². The SMILES string of the molecule is NC1c2ccccc2C(c2ccccc2)=NN1c1ccc(Oc2ncncc2-c2ccncc2)cc1. The lowest BCUT2D eigenvalue weighted by Gasteiger charge is -2.33. The van der Waals surface area contributed by atoms with Crippen molar-refractivity contribution >= 4 is 11.4 Å². The van der Waals surface area contributed by atoms with Gasteiger partial charge >= 0.3 is 0 Å². The minimum absolute atomic E-state index is 0.416. The van der Waals surface area contributed by atoms with Gasteiger partial charge in [0, 0.05) is 35.3 Å². The number of ether oxygens (including phenoxy) is 1. The highest BCUT2D eigenvalue weighted by Crippen LogP contribution is 2.35. The Morgan fingerprint density at radius 3 is 2.28 bits per heavy atom. The number of aromatic nitrogens is 3. The maximum atomic E-state index is 6.67. The van der Waals surface area contributed by atoms with Gasteiger partial charge in [0.2, 0.25) is 5.88 Å². The molecule has 0 saturated heterocycles. The second-order valence-corrected chi connectivity index (χ2v) is 8.26. The summed E-state index contributed by atoms with van der Waals surface area (Å²) in [7, 11) is 0. The van der Waals surface area contributed by atoms with Crippen molar-refractivity contribution in [2.24, 2.45) is 10.8 Å². The lowest BCUT2D eigenvalue weighted by atomic mass is 9.94. The molecule has 1 unspecified atom stereocenters. The molecule has 0 aliphatic carbocycles. The molecular weight excluding hydrogens is 448 g/mol. The van der Waals surface area contributed by atoms with E-state index >= 15 is 0 Å². The fourth-order valence-corrected chi connectivity index (χ4v) is 4.26. The largest absolute Gasteiger partial charge is 0.438 e. The zero-order valence-corrected chi connectivity index (χ0v) is 19.3. The van der Waals surface area contributed by atoms with Gasteiger partial charge in [-0.25, -0.2) is 15.0 Å². The molecule has 3 aromatic carbocycles. The fourth-order valence-electron chi connectivity index (χ4n) is 4.26. The number of nitrogens with zero attached hydrogens (tertiary/aromatic N) is 5. The summed E-state index contributed by atoms with van der Waals surface area (Å²) in [5.41, 5.74) is 13.2. The molecule has 0 radical (unpaired) electrons. The summed E-state index contributed by atoms with van der Waals surface area (Å²) in [5.74, 6) is 1.11. The van der Waals surface area contributed by atoms with E-state index in [4.69, 9.17) is 15.6 Å². The maximum absolute atomic E-state index is 6.67. The molecule has 1 atom stereocenters. The van der Waals surface area contributed by atoms with Crippen LogP contribution in [0.25, 0.3) is 11.1 Å². The van der Waals surface area contributed by atoms with E-state index in [1.807, 2.05) is 71.7 Å². The normalized spacial score (nSPS) is 14.6. The Labute approximate surface area is 208 Å². The van der Waals surface area contributed by atoms with E-state index in [0.29, 0.717) is 11.6 Å². The highest BCUT2D eigenvalue weighted by atomic mass is 16.5. The summed E-state index contributed by atoms with van der Waals surface area (Å²) >= 11 is 0. The van der Waals surface area contributed by atoms with Gasteiger partial charge in [-0.15, -0.1) is 0 Å². The van der Waals surface area contributed by atoms with E-state index < -0.39 is 6.17 Å². The molecule has 1 aliphatic heterocycles. The molecule has 0 spiro atoms. The number of hydrogen-bond acceptors (Lipinski definition) is 7. The van der Waals surface area contributed by atoms with Gasteiger partial charge in [-0.05, 0) is 42.0 Å². The van der Waals surface area contributed by atoms with Gasteiger partial charge < -0.3 is 10.5 Å². The van der Waals surface area contributed by atoms with Gasteiger partial charge in [-0.2, -0.15) is 5.10 Å². The van der Waals surface area contributed by atoms with E-state index in [1.54, 1.807) is 18.6 Å². The Kier molecular flexibility index (Phi) is 5.65. The number of hydrogen-bond donors (Lipinski definition) is 1. The van der Waals surface area contributed by atoms with Crippen molar-refractivity contribution in [3.63, 3.8) is 0 Å². The molecule has 6 rings (SSSR count). The molecule has 7 nitrogen and oxygen atoms in total. The van der Waals surface area contributed by atoms with Crippen molar-refractivity contribution in [2.75, 3.05) is 5.01 Å². The Morgan fingerprint density at radius 2 is 1.47 bits per heavy atom. The Balaban J connectivity index is 1.32. The van der Waals surface area contributed by atoms with Gasteiger partial charge in [0.15, 0.2) is 0 Å². The second kappa shape index (κ2) is 9.40. The first-order valence-electron chi connectivity index (χ1n) is 11.5. The monoisotopic (exact) mass is 470 g/mol. The standard InChI is InChI=1S/C29H22N6O/c30-28-25-9-5-4-8-24(25)27(21-6-2-1-3-7-21)34-35(28)22-10-12-23(13-11-22)36-29-26(18-32-19-33-29)20-14-16-31-17-15-20/h1-19,28H,30H2. The molecule has 2 N–H and O–H groups in total. The highest BCUT2D eigenvalue weighted by molar-refractivity contribution is 6.14. The summed E-state index contributed by atoms with van der Waals surface area (Å²) in [5, 5.41) is 6.82. The number of hydrazone groups is 1. The third-order valence-electron chi connectivity index (χ3n) is 6.04. The van der Waals surface area contributed by atoms with Crippen LogP contribution in [-0.4, -0.2) is 20.7 Å². The number of benzene rings is 3. The van der Waals surface area contributed by atoms with Crippen molar-refractivity contribution in [1.82, 2.24) is 15.0 Å². The van der Waals surface area contributed by atoms with Gasteiger partial charge in [0.05, 0.1) is 17.0 Å². The van der Waals surface area contributed by atoms with Crippen LogP contribution in [0, 0.1) is 0 Å². The van der Waals surface area contributed by atoms with E-state index in [-0.39, 0.29) is 0 Å². The molecule has 7 heteroatoms. The Morgan fingerprint density at radius 1 is 0.722 bits per heavy atom. The Bertz CT molecular complexity index is 1520. The molecule has 0 amide bonds. The number of fused-ring (bicyclic) bond motifs is 1. The molecule has 0 fully saturated rings. The van der Waals surface area contributed by atoms with Crippen LogP contribution < -0.4 is 15.5 Å². The molecule has 1 aliphatic rings. The van der Waals surface area contributed by atoms with E-state index in [2.05, 4.69) is 39.2 Å². The lowest BCUT2D eigenvalue weighted by Crippen LogP contribution is -2.36. The second-order valence-electron chi connectivity index (χ2n) is 8.26. The molecule has 0 bridgehead atoms. The van der Waals surface area contributed by atoms with Crippen molar-refractivity contribution < 1.29 is 4.74 Å². The maximum Gasteiger partial charge on any atom is 0.230 e. The summed E-state index contributed by atoms with van der Waals surface area (Å²) in [6.45, 7) is 0. The van der Waals surface area contributed by atoms with Crippen LogP contribution in [0.1, 0.15) is 22.9 Å². The first-order valence-corrected chi connectivity index (χ1v) is 11.5. The number of pyridine rings is 1. The quantitative estimate of drug-likeness (QED) is 0.362. The van der Waals surface area contributed by atoms with Crippen molar-refractivity contribution in [2.45, 2.75) is 6.17 Å². The van der Waals surface area contributed by atoms with Crippen LogP contribution in [0.3, 0.4) is 0 Å². The fraction of sp³-hybridized carbons (Fsp3) is 0.0345. The topological polar surface area (TPSA) is 89.5 Å². The van der Waals surface area contributed by atoms with Crippen LogP contribution in [0.2, 0.25) is 0 Å². The van der Waals surface area contributed by atoms with Crippen LogP contribution in [-0.2, 0) is 0 Å². The summed E-state index contributed by atoms with van der Waals surface area (Å²) in [6, 6.07) is 29.7. The van der Waals surface area contributed by atoms with Crippen molar-refractivity contribution in [1.29, 1.82) is 0 Å². The van der Waals surface area contributed by atoms with E-state index in [9.17, 15) is 0 Å². The predicted octanol–water partition coefficient (Wildman–Crippen LogP) is 5.56. The summed E-state index contributed by atoms with van der Waals surface area (Å²) < 4.78 is 6.12. The third-order valence-corrected chi connectivity index (χ3v) is 6.04. The summed E-state index contributed by atoms with van der Waals surface area (Å²) in [4.78, 5) is 12.6. The average Bonchev–Trinajstić information content (AvgIpc) is 2.95. The number of anilines is 1. The molecule has 0 saturated carbocycles. The van der Waals surface area contributed by atoms with E-state index in [1.165, 1.54) is 6.33 Å². The summed E-state index contributed by atoms with van der Waals surface area (Å²) in [6.07, 6.45) is 6.24. The van der Waals surface area contributed by atoms with Crippen molar-refractivity contribution in [3.8, 4) is 22.8 Å². The Hall–Kier alpha value is -4.88. The van der Waals surface area contributed by atoms with Crippen LogP contribution in [0.5, 0.6) is 11.6 Å². The smallest absolute Gasteiger partial charge is 0.230 e. The zero-order chi connectivity index (χ0) is 24.3. The van der Waals surface area contributed by atoms with E-state index in [0.717, 1.165) is 39.2 Å². The van der Waals surface area contributed by atoms with Gasteiger partial charge in [-0.3, -0.25) is 4.98 Å². The molecule has 36 heavy (non-hydrogen) atoms. The number of nitrogens with two attached hydrogens (primary N) is 1. The zero-order valence-electron chi connectivity index (χ0n) is 19.3. The molecule has 5 aromatic rings. The minimum atomic E-state index is -0.416. The van der Waals surface area contributed by atoms with Crippen LogP contribution in [0.4, 0.5) is 5.69 Å². The third kappa shape index (κ3) is 4.08. The average molecular weight is 471 g/mol. The molecular formula is C29H22N6O.